The zero-order chi connectivity index (χ0) is 21.3. The molecular weight excluding hydrogens is 378 g/mol. The van der Waals surface area contributed by atoms with Crippen LogP contribution in [0.15, 0.2) is 58.3 Å². The topological polar surface area (TPSA) is 46.2 Å². The Labute approximate surface area is 179 Å². The second-order valence-corrected chi connectivity index (χ2v) is 8.79. The largest absolute Gasteiger partial charge is 0.350 e. The Hall–Kier alpha value is -2.07. The van der Waals surface area contributed by atoms with Crippen molar-refractivity contribution < 1.29 is 9.59 Å². The van der Waals surface area contributed by atoms with Gasteiger partial charge in [0.2, 0.25) is 5.91 Å². The minimum absolute atomic E-state index is 0.0688. The fraction of sp³-hybridized carbons (Fsp3) is 0.440. The molecule has 0 radical (unpaired) electrons. The third-order valence-electron chi connectivity index (χ3n) is 5.45. The molecular formula is C25H33NO2S. The summed E-state index contributed by atoms with van der Waals surface area (Å²) < 4.78 is 0. The van der Waals surface area contributed by atoms with Gasteiger partial charge in [0.25, 0.3) is 0 Å². The number of hydrogen-bond donors (Lipinski definition) is 1. The molecule has 0 bridgehead atoms. The quantitative estimate of drug-likeness (QED) is 0.432. The highest BCUT2D eigenvalue weighted by Crippen LogP contribution is 2.29. The normalized spacial score (nSPS) is 11.3. The van der Waals surface area contributed by atoms with Gasteiger partial charge in [-0.25, -0.2) is 0 Å². The van der Waals surface area contributed by atoms with Crippen LogP contribution in [0.3, 0.4) is 0 Å². The van der Waals surface area contributed by atoms with Crippen molar-refractivity contribution in [2.24, 2.45) is 0 Å². The van der Waals surface area contributed by atoms with Gasteiger partial charge in [-0.05, 0) is 55.5 Å². The van der Waals surface area contributed by atoms with Crippen LogP contribution in [-0.2, 0) is 11.2 Å². The van der Waals surface area contributed by atoms with Crippen molar-refractivity contribution in [3.05, 3.63) is 59.7 Å². The fourth-order valence-corrected chi connectivity index (χ4v) is 4.27. The molecule has 0 fully saturated rings. The van der Waals surface area contributed by atoms with E-state index < -0.39 is 5.54 Å². The molecule has 0 aliphatic carbocycles. The van der Waals surface area contributed by atoms with Gasteiger partial charge in [-0.1, -0.05) is 63.2 Å². The zero-order valence-corrected chi connectivity index (χ0v) is 18.9. The van der Waals surface area contributed by atoms with E-state index in [1.54, 1.807) is 11.8 Å². The van der Waals surface area contributed by atoms with Crippen molar-refractivity contribution in [1.82, 2.24) is 5.32 Å². The summed E-state index contributed by atoms with van der Waals surface area (Å²) in [6.45, 7) is 7.75. The van der Waals surface area contributed by atoms with Crippen LogP contribution in [0.5, 0.6) is 0 Å². The van der Waals surface area contributed by atoms with Crippen molar-refractivity contribution in [2.75, 3.05) is 0 Å². The maximum atomic E-state index is 12.8. The maximum Gasteiger partial charge on any atom is 0.217 e. The zero-order valence-electron chi connectivity index (χ0n) is 18.1. The Bertz CT molecular complexity index is 793. The molecule has 0 spiro atoms. The molecule has 29 heavy (non-hydrogen) atoms. The standard InChI is InChI=1S/C25H33NO2S/c1-5-8-9-20-10-14-22(15-11-20)29-23-16-12-21(13-17-23)24(28)18-25(6-2,7-3)26-19(4)27/h10-17H,5-9,18H2,1-4H3,(H,26,27). The lowest BCUT2D eigenvalue weighted by molar-refractivity contribution is -0.120. The number of unbranched alkanes of at least 4 members (excludes halogenated alkanes) is 1. The van der Waals surface area contributed by atoms with E-state index in [0.717, 1.165) is 24.2 Å². The van der Waals surface area contributed by atoms with Crippen LogP contribution in [0.4, 0.5) is 0 Å². The lowest BCUT2D eigenvalue weighted by Gasteiger charge is -2.32. The summed E-state index contributed by atoms with van der Waals surface area (Å²) in [5, 5.41) is 2.99. The number of nitrogens with one attached hydrogen (secondary N) is 1. The van der Waals surface area contributed by atoms with Crippen LogP contribution in [0.1, 0.15) is 75.7 Å². The Kier molecular flexibility index (Phi) is 8.97. The number of Topliss-reactive ketones (excluding diaryl/α,β-unsaturated/α-hetero) is 1. The first kappa shape index (κ1) is 23.2. The van der Waals surface area contributed by atoms with E-state index in [2.05, 4.69) is 36.5 Å². The molecule has 4 heteroatoms. The van der Waals surface area contributed by atoms with Gasteiger partial charge >= 0.3 is 0 Å². The van der Waals surface area contributed by atoms with Gasteiger partial charge in [0.15, 0.2) is 5.78 Å². The molecule has 0 aromatic heterocycles. The molecule has 0 aliphatic rings. The van der Waals surface area contributed by atoms with Gasteiger partial charge in [-0.15, -0.1) is 0 Å². The number of ketones is 1. The molecule has 3 nitrogen and oxygen atoms in total. The minimum atomic E-state index is -0.462. The number of carbonyl (C=O) groups is 2. The Balaban J connectivity index is 2.01. The number of carbonyl (C=O) groups excluding carboxylic acids is 2. The van der Waals surface area contributed by atoms with Gasteiger partial charge in [-0.2, -0.15) is 0 Å². The average molecular weight is 412 g/mol. The lowest BCUT2D eigenvalue weighted by atomic mass is 9.85. The van der Waals surface area contributed by atoms with E-state index in [1.807, 2.05) is 38.1 Å². The Morgan fingerprint density at radius 3 is 1.93 bits per heavy atom. The predicted molar refractivity (Wildman–Crippen MR) is 122 cm³/mol. The number of hydrogen-bond acceptors (Lipinski definition) is 3. The van der Waals surface area contributed by atoms with Crippen molar-refractivity contribution in [3.8, 4) is 0 Å². The summed E-state index contributed by atoms with van der Waals surface area (Å²) in [4.78, 5) is 26.7. The number of amides is 1. The first-order valence-electron chi connectivity index (χ1n) is 10.6. The van der Waals surface area contributed by atoms with E-state index in [4.69, 9.17) is 0 Å². The number of rotatable bonds is 11. The van der Waals surface area contributed by atoms with Gasteiger partial charge < -0.3 is 5.32 Å². The summed E-state index contributed by atoms with van der Waals surface area (Å²) in [5.74, 6) is -0.0202. The predicted octanol–water partition coefficient (Wildman–Crippen LogP) is 6.45. The van der Waals surface area contributed by atoms with Crippen LogP contribution >= 0.6 is 11.8 Å². The van der Waals surface area contributed by atoms with Crippen LogP contribution in [0.25, 0.3) is 0 Å². The van der Waals surface area contributed by atoms with Crippen LogP contribution in [0.2, 0.25) is 0 Å². The second-order valence-electron chi connectivity index (χ2n) is 7.64. The van der Waals surface area contributed by atoms with Crippen molar-refractivity contribution in [3.63, 3.8) is 0 Å². The average Bonchev–Trinajstić information content (AvgIpc) is 2.72. The van der Waals surface area contributed by atoms with Crippen molar-refractivity contribution in [2.45, 2.75) is 81.5 Å². The summed E-state index contributed by atoms with van der Waals surface area (Å²) in [6.07, 6.45) is 5.36. The minimum Gasteiger partial charge on any atom is -0.350 e. The highest BCUT2D eigenvalue weighted by molar-refractivity contribution is 7.99. The molecule has 0 saturated heterocycles. The van der Waals surface area contributed by atoms with Gasteiger partial charge in [0, 0.05) is 34.2 Å². The monoisotopic (exact) mass is 411 g/mol. The first-order valence-corrected chi connectivity index (χ1v) is 11.4. The molecule has 0 aliphatic heterocycles. The molecule has 2 aromatic carbocycles. The third-order valence-corrected chi connectivity index (χ3v) is 6.46. The molecule has 0 heterocycles. The SMILES string of the molecule is CCCCc1ccc(Sc2ccc(C(=O)CC(CC)(CC)NC(C)=O)cc2)cc1. The molecule has 2 aromatic rings. The van der Waals surface area contributed by atoms with Crippen LogP contribution < -0.4 is 5.32 Å². The molecule has 1 amide bonds. The Morgan fingerprint density at radius 2 is 1.45 bits per heavy atom. The third kappa shape index (κ3) is 7.04. The first-order chi connectivity index (χ1) is 13.9. The maximum absolute atomic E-state index is 12.8. The van der Waals surface area contributed by atoms with Crippen LogP contribution in [0, 0.1) is 0 Å². The highest BCUT2D eigenvalue weighted by Gasteiger charge is 2.30. The number of benzene rings is 2. The van der Waals surface area contributed by atoms with E-state index in [9.17, 15) is 9.59 Å². The summed E-state index contributed by atoms with van der Waals surface area (Å²) in [5.41, 5.74) is 1.61. The van der Waals surface area contributed by atoms with Gasteiger partial charge in [-0.3, -0.25) is 9.59 Å². The molecule has 0 saturated carbocycles. The molecule has 1 N–H and O–H groups in total. The summed E-state index contributed by atoms with van der Waals surface area (Å²) in [6, 6.07) is 16.5. The molecule has 0 atom stereocenters. The number of aryl methyl sites for hydroxylation is 1. The van der Waals surface area contributed by atoms with E-state index in [-0.39, 0.29) is 11.7 Å². The smallest absolute Gasteiger partial charge is 0.217 e. The highest BCUT2D eigenvalue weighted by atomic mass is 32.2. The lowest BCUT2D eigenvalue weighted by Crippen LogP contribution is -2.48. The summed E-state index contributed by atoms with van der Waals surface area (Å²) >= 11 is 1.70. The second kappa shape index (κ2) is 11.2. The van der Waals surface area contributed by atoms with E-state index >= 15 is 0 Å². The van der Waals surface area contributed by atoms with Crippen LogP contribution in [-0.4, -0.2) is 17.2 Å². The van der Waals surface area contributed by atoms with Crippen molar-refractivity contribution >= 4 is 23.5 Å². The molecule has 2 rings (SSSR count). The van der Waals surface area contributed by atoms with Gasteiger partial charge in [0.1, 0.15) is 0 Å². The Morgan fingerprint density at radius 1 is 0.897 bits per heavy atom. The summed E-state index contributed by atoms with van der Waals surface area (Å²) in [7, 11) is 0. The molecule has 156 valence electrons. The van der Waals surface area contributed by atoms with E-state index in [0.29, 0.717) is 12.0 Å². The van der Waals surface area contributed by atoms with E-state index in [1.165, 1.54) is 30.2 Å². The van der Waals surface area contributed by atoms with Gasteiger partial charge in [0.05, 0.1) is 0 Å². The fourth-order valence-electron chi connectivity index (χ4n) is 3.45. The molecule has 0 unspecified atom stereocenters. The van der Waals surface area contributed by atoms with Crippen molar-refractivity contribution in [1.29, 1.82) is 0 Å².